The first-order valence-corrected chi connectivity index (χ1v) is 14.5. The maximum absolute atomic E-state index is 13.1. The molecule has 4 N–H and O–H groups in total. The molecule has 0 unspecified atom stereocenters. The monoisotopic (exact) mass is 530 g/mol. The van der Waals surface area contributed by atoms with Gasteiger partial charge < -0.3 is 20.4 Å². The van der Waals surface area contributed by atoms with E-state index >= 15 is 0 Å². The van der Waals surface area contributed by atoms with Crippen LogP contribution >= 0.6 is 11.3 Å². The number of hydrogen-bond acceptors (Lipinski definition) is 8. The van der Waals surface area contributed by atoms with E-state index in [9.17, 15) is 13.2 Å². The number of rotatable bonds is 9. The number of aromatic nitrogens is 3. The largest absolute Gasteiger partial charge is 0.446 e. The lowest BCUT2D eigenvalue weighted by Gasteiger charge is -2.27. The van der Waals surface area contributed by atoms with E-state index in [2.05, 4.69) is 30.3 Å². The normalized spacial score (nSPS) is 20.1. The Labute approximate surface area is 214 Å². The molecule has 10 nitrogen and oxygen atoms in total. The topological polar surface area (TPSA) is 138 Å². The van der Waals surface area contributed by atoms with Crippen LogP contribution in [0.5, 0.6) is 0 Å². The number of nitrogens with zero attached hydrogens (tertiary/aromatic N) is 2. The summed E-state index contributed by atoms with van der Waals surface area (Å²) in [6.07, 6.45) is 10.4. The van der Waals surface area contributed by atoms with Crippen molar-refractivity contribution in [2.45, 2.75) is 68.4 Å². The van der Waals surface area contributed by atoms with Crippen molar-refractivity contribution in [3.8, 4) is 10.4 Å². The third-order valence-corrected chi connectivity index (χ3v) is 9.13. The van der Waals surface area contributed by atoms with Crippen LogP contribution in [-0.2, 0) is 14.8 Å². The van der Waals surface area contributed by atoms with Crippen LogP contribution in [-0.4, -0.2) is 48.2 Å². The fourth-order valence-corrected chi connectivity index (χ4v) is 6.86. The third-order valence-electron chi connectivity index (χ3n) is 6.35. The zero-order chi connectivity index (χ0) is 25.1. The molecule has 0 saturated heterocycles. The number of H-pyrrole nitrogens is 1. The SMILES string of the molecule is CCNS(=O)(=O)c1cc(Nc2ncc[nH]2)ccc1-c1cnc([C@H]2CC[C@H](NC(=O)OC3CC3)CC2)s1. The van der Waals surface area contributed by atoms with E-state index in [1.165, 1.54) is 11.3 Å². The molecule has 0 bridgehead atoms. The first-order chi connectivity index (χ1) is 17.4. The molecule has 2 fully saturated rings. The Kier molecular flexibility index (Phi) is 7.26. The van der Waals surface area contributed by atoms with Crippen molar-refractivity contribution in [1.29, 1.82) is 0 Å². The molecule has 0 aliphatic heterocycles. The number of anilines is 2. The number of alkyl carbamates (subject to hydrolysis) is 1. The van der Waals surface area contributed by atoms with Crippen molar-refractivity contribution < 1.29 is 17.9 Å². The number of thiazole rings is 1. The maximum Gasteiger partial charge on any atom is 0.407 e. The molecule has 1 amide bonds. The van der Waals surface area contributed by atoms with Gasteiger partial charge in [-0.05, 0) is 50.7 Å². The molecule has 0 spiro atoms. The minimum absolute atomic E-state index is 0.103. The van der Waals surface area contributed by atoms with Gasteiger partial charge in [-0.2, -0.15) is 0 Å². The van der Waals surface area contributed by atoms with Crippen LogP contribution in [0.25, 0.3) is 10.4 Å². The summed E-state index contributed by atoms with van der Waals surface area (Å²) in [6.45, 7) is 2.04. The number of ether oxygens (including phenoxy) is 1. The van der Waals surface area contributed by atoms with Crippen LogP contribution in [0.3, 0.4) is 0 Å². The molecule has 2 heterocycles. The van der Waals surface area contributed by atoms with E-state index in [-0.39, 0.29) is 35.6 Å². The third kappa shape index (κ3) is 5.88. The summed E-state index contributed by atoms with van der Waals surface area (Å²) in [7, 11) is -3.72. The molecule has 5 rings (SSSR count). The van der Waals surface area contributed by atoms with E-state index in [0.29, 0.717) is 17.2 Å². The molecule has 36 heavy (non-hydrogen) atoms. The molecule has 2 saturated carbocycles. The average Bonchev–Trinajstić information content (AvgIpc) is 3.30. The number of aromatic amines is 1. The van der Waals surface area contributed by atoms with Gasteiger partial charge in [0, 0.05) is 48.3 Å². The van der Waals surface area contributed by atoms with Crippen molar-refractivity contribution in [3.63, 3.8) is 0 Å². The molecule has 1 aromatic carbocycles. The fraction of sp³-hybridized carbons (Fsp3) is 0.458. The van der Waals surface area contributed by atoms with Gasteiger partial charge in [0.15, 0.2) is 0 Å². The summed E-state index contributed by atoms with van der Waals surface area (Å²) in [5.74, 6) is 0.815. The lowest BCUT2D eigenvalue weighted by Crippen LogP contribution is -2.38. The molecular formula is C24H30N6O4S2. The van der Waals surface area contributed by atoms with E-state index < -0.39 is 10.0 Å². The standard InChI is InChI=1S/C24H30N6O4S2/c1-2-28-36(32,33)21-13-17(29-23-25-11-12-26-23)7-10-19(21)20-14-27-22(35-20)15-3-5-16(6-4-15)30-24(31)34-18-8-9-18/h7,10-16,18,28H,2-6,8-9H2,1H3,(H,30,31)(H2,25,26,29)/t15-,16-. The summed E-state index contributed by atoms with van der Waals surface area (Å²) < 4.78 is 34.0. The quantitative estimate of drug-likeness (QED) is 0.320. The van der Waals surface area contributed by atoms with Gasteiger partial charge in [-0.1, -0.05) is 13.0 Å². The maximum atomic E-state index is 13.1. The number of sulfonamides is 1. The lowest BCUT2D eigenvalue weighted by molar-refractivity contribution is 0.132. The van der Waals surface area contributed by atoms with Gasteiger partial charge >= 0.3 is 6.09 Å². The number of carbonyl (C=O) groups is 1. The Balaban J connectivity index is 1.31. The predicted molar refractivity (Wildman–Crippen MR) is 138 cm³/mol. The van der Waals surface area contributed by atoms with Gasteiger partial charge in [0.2, 0.25) is 16.0 Å². The van der Waals surface area contributed by atoms with Crippen LogP contribution in [0.15, 0.2) is 41.7 Å². The van der Waals surface area contributed by atoms with E-state index in [0.717, 1.165) is 48.4 Å². The summed E-state index contributed by atoms with van der Waals surface area (Å²) in [4.78, 5) is 24.7. The fourth-order valence-electron chi connectivity index (χ4n) is 4.39. The molecule has 0 atom stereocenters. The molecule has 12 heteroatoms. The van der Waals surface area contributed by atoms with Crippen LogP contribution in [0, 0.1) is 0 Å². The van der Waals surface area contributed by atoms with Gasteiger partial charge in [-0.3, -0.25) is 0 Å². The number of benzene rings is 1. The van der Waals surface area contributed by atoms with Crippen LogP contribution < -0.4 is 15.4 Å². The van der Waals surface area contributed by atoms with E-state index in [1.54, 1.807) is 37.6 Å². The van der Waals surface area contributed by atoms with Crippen LogP contribution in [0.4, 0.5) is 16.4 Å². The first kappa shape index (κ1) is 24.7. The highest BCUT2D eigenvalue weighted by molar-refractivity contribution is 7.89. The molecule has 0 radical (unpaired) electrons. The van der Waals surface area contributed by atoms with Crippen LogP contribution in [0.2, 0.25) is 0 Å². The predicted octanol–water partition coefficient (Wildman–Crippen LogP) is 4.49. The second kappa shape index (κ2) is 10.6. The number of carbonyl (C=O) groups excluding carboxylic acids is 1. The first-order valence-electron chi connectivity index (χ1n) is 12.2. The van der Waals surface area contributed by atoms with Gasteiger partial charge in [0.05, 0.1) is 14.8 Å². The van der Waals surface area contributed by atoms with Gasteiger partial charge in [-0.25, -0.2) is 27.9 Å². The number of imidazole rings is 1. The molecular weight excluding hydrogens is 500 g/mol. The molecule has 2 aromatic heterocycles. The summed E-state index contributed by atoms with van der Waals surface area (Å²) in [5.41, 5.74) is 1.23. The Morgan fingerprint density at radius 3 is 2.67 bits per heavy atom. The lowest BCUT2D eigenvalue weighted by atomic mass is 9.86. The average molecular weight is 531 g/mol. The van der Waals surface area contributed by atoms with E-state index in [1.807, 2.05) is 6.07 Å². The highest BCUT2D eigenvalue weighted by atomic mass is 32.2. The Morgan fingerprint density at radius 2 is 1.97 bits per heavy atom. The number of hydrogen-bond donors (Lipinski definition) is 4. The number of amides is 1. The Bertz CT molecular complexity index is 1300. The highest BCUT2D eigenvalue weighted by Gasteiger charge is 2.30. The molecule has 192 valence electrons. The van der Waals surface area contributed by atoms with Gasteiger partial charge in [0.1, 0.15) is 6.10 Å². The second-order valence-electron chi connectivity index (χ2n) is 9.14. The minimum Gasteiger partial charge on any atom is -0.446 e. The van der Waals surface area contributed by atoms with Crippen LogP contribution in [0.1, 0.15) is 56.4 Å². The molecule has 3 aromatic rings. The minimum atomic E-state index is -3.72. The zero-order valence-corrected chi connectivity index (χ0v) is 21.6. The molecule has 2 aliphatic rings. The highest BCUT2D eigenvalue weighted by Crippen LogP contribution is 2.40. The van der Waals surface area contributed by atoms with Crippen molar-refractivity contribution >= 4 is 39.1 Å². The second-order valence-corrected chi connectivity index (χ2v) is 11.9. The molecule has 2 aliphatic carbocycles. The van der Waals surface area contributed by atoms with Crippen molar-refractivity contribution in [2.75, 3.05) is 11.9 Å². The summed E-state index contributed by atoms with van der Waals surface area (Å²) in [5, 5.41) is 7.08. The summed E-state index contributed by atoms with van der Waals surface area (Å²) in [6, 6.07) is 5.38. The van der Waals surface area contributed by atoms with Crippen molar-refractivity contribution in [1.82, 2.24) is 25.0 Å². The summed E-state index contributed by atoms with van der Waals surface area (Å²) >= 11 is 1.53. The zero-order valence-electron chi connectivity index (χ0n) is 20.0. The van der Waals surface area contributed by atoms with Gasteiger partial charge in [-0.15, -0.1) is 11.3 Å². The number of nitrogens with one attached hydrogen (secondary N) is 4. The van der Waals surface area contributed by atoms with Gasteiger partial charge in [0.25, 0.3) is 0 Å². The smallest absolute Gasteiger partial charge is 0.407 e. The van der Waals surface area contributed by atoms with E-state index in [4.69, 9.17) is 4.74 Å². The Morgan fingerprint density at radius 1 is 1.17 bits per heavy atom. The van der Waals surface area contributed by atoms with Crippen molar-refractivity contribution in [3.05, 3.63) is 41.8 Å². The Hall–Kier alpha value is -2.96. The van der Waals surface area contributed by atoms with Crippen molar-refractivity contribution in [2.24, 2.45) is 0 Å².